The largest absolute Gasteiger partial charge is 0.464 e. The van der Waals surface area contributed by atoms with E-state index in [0.717, 1.165) is 5.69 Å². The molecule has 0 amide bonds. The lowest BCUT2D eigenvalue weighted by Gasteiger charge is -2.23. The first-order valence-corrected chi connectivity index (χ1v) is 6.54. The van der Waals surface area contributed by atoms with Crippen molar-refractivity contribution in [2.24, 2.45) is 0 Å². The highest BCUT2D eigenvalue weighted by molar-refractivity contribution is 5.80. The number of carbonyl (C=O) groups excluding carboxylic acids is 1. The summed E-state index contributed by atoms with van der Waals surface area (Å²) in [6.07, 6.45) is 0.896. The standard InChI is InChI=1S/C14H19NO4/c1-2-18-14(17)13-10-12(8-9-16)19-15(13)11-6-4-3-5-7-11/h3-7,12-13,16H,2,8-10H2,1H3/t12-,13-/m0/s1. The van der Waals surface area contributed by atoms with Crippen LogP contribution in [0.2, 0.25) is 0 Å². The van der Waals surface area contributed by atoms with Gasteiger partial charge in [0.15, 0.2) is 6.04 Å². The van der Waals surface area contributed by atoms with Crippen molar-refractivity contribution in [2.75, 3.05) is 18.3 Å². The van der Waals surface area contributed by atoms with Gasteiger partial charge in [-0.1, -0.05) is 18.2 Å². The molecule has 19 heavy (non-hydrogen) atoms. The Morgan fingerprint density at radius 2 is 2.21 bits per heavy atom. The van der Waals surface area contributed by atoms with Crippen LogP contribution >= 0.6 is 0 Å². The monoisotopic (exact) mass is 265 g/mol. The number of rotatable bonds is 5. The third-order valence-electron chi connectivity index (χ3n) is 3.05. The van der Waals surface area contributed by atoms with Crippen LogP contribution in [0.1, 0.15) is 19.8 Å². The average molecular weight is 265 g/mol. The van der Waals surface area contributed by atoms with Crippen LogP contribution in [0.4, 0.5) is 5.69 Å². The van der Waals surface area contributed by atoms with E-state index < -0.39 is 6.04 Å². The predicted octanol–water partition coefficient (Wildman–Crippen LogP) is 1.51. The SMILES string of the molecule is CCOC(=O)[C@@H]1C[C@H](CCO)ON1c1ccccc1. The highest BCUT2D eigenvalue weighted by Crippen LogP contribution is 2.29. The quantitative estimate of drug-likeness (QED) is 0.818. The Hall–Kier alpha value is -1.59. The number of hydrogen-bond donors (Lipinski definition) is 1. The number of nitrogens with zero attached hydrogens (tertiary/aromatic N) is 1. The van der Waals surface area contributed by atoms with Gasteiger partial charge in [-0.05, 0) is 25.5 Å². The summed E-state index contributed by atoms with van der Waals surface area (Å²) in [7, 11) is 0. The van der Waals surface area contributed by atoms with Gasteiger partial charge in [0.25, 0.3) is 0 Å². The average Bonchev–Trinajstić information content (AvgIpc) is 2.85. The summed E-state index contributed by atoms with van der Waals surface area (Å²) in [5, 5.41) is 10.6. The van der Waals surface area contributed by atoms with Crippen LogP contribution in [0.3, 0.4) is 0 Å². The van der Waals surface area contributed by atoms with Gasteiger partial charge in [-0.25, -0.2) is 9.86 Å². The Bertz CT molecular complexity index is 409. The first-order chi connectivity index (χ1) is 9.26. The summed E-state index contributed by atoms with van der Waals surface area (Å²) < 4.78 is 5.08. The van der Waals surface area contributed by atoms with Crippen molar-refractivity contribution in [2.45, 2.75) is 31.9 Å². The maximum atomic E-state index is 12.0. The van der Waals surface area contributed by atoms with E-state index in [9.17, 15) is 4.79 Å². The summed E-state index contributed by atoms with van der Waals surface area (Å²) in [5.41, 5.74) is 0.820. The number of benzene rings is 1. The van der Waals surface area contributed by atoms with Crippen molar-refractivity contribution in [1.82, 2.24) is 0 Å². The summed E-state index contributed by atoms with van der Waals surface area (Å²) in [6, 6.07) is 9.00. The van der Waals surface area contributed by atoms with Crippen molar-refractivity contribution < 1.29 is 19.5 Å². The summed E-state index contributed by atoms with van der Waals surface area (Å²) in [5.74, 6) is -0.285. The van der Waals surface area contributed by atoms with Crippen molar-refractivity contribution >= 4 is 11.7 Å². The number of ether oxygens (including phenoxy) is 1. The molecular weight excluding hydrogens is 246 g/mol. The Morgan fingerprint density at radius 1 is 1.47 bits per heavy atom. The molecule has 0 bridgehead atoms. The van der Waals surface area contributed by atoms with E-state index in [1.54, 1.807) is 12.0 Å². The molecule has 0 unspecified atom stereocenters. The Balaban J connectivity index is 2.15. The molecule has 1 aliphatic rings. The molecule has 0 radical (unpaired) electrons. The zero-order chi connectivity index (χ0) is 13.7. The molecule has 1 fully saturated rings. The molecule has 1 heterocycles. The number of aliphatic hydroxyl groups excluding tert-OH is 1. The molecule has 2 rings (SSSR count). The van der Waals surface area contributed by atoms with E-state index in [4.69, 9.17) is 14.7 Å². The summed E-state index contributed by atoms with van der Waals surface area (Å²) in [4.78, 5) is 17.7. The molecule has 0 saturated carbocycles. The van der Waals surface area contributed by atoms with Crippen LogP contribution in [-0.4, -0.2) is 36.4 Å². The second kappa shape index (κ2) is 6.54. The molecule has 5 nitrogen and oxygen atoms in total. The van der Waals surface area contributed by atoms with Gasteiger partial charge in [0.2, 0.25) is 0 Å². The molecule has 0 spiro atoms. The molecule has 1 aliphatic heterocycles. The molecule has 0 aromatic heterocycles. The van der Waals surface area contributed by atoms with Crippen molar-refractivity contribution in [3.05, 3.63) is 30.3 Å². The van der Waals surface area contributed by atoms with Crippen LogP contribution in [0.15, 0.2) is 30.3 Å². The molecule has 2 atom stereocenters. The van der Waals surface area contributed by atoms with E-state index in [-0.39, 0.29) is 18.7 Å². The zero-order valence-corrected chi connectivity index (χ0v) is 11.0. The minimum absolute atomic E-state index is 0.0445. The van der Waals surface area contributed by atoms with E-state index in [1.165, 1.54) is 0 Å². The highest BCUT2D eigenvalue weighted by atomic mass is 16.7. The van der Waals surface area contributed by atoms with Gasteiger partial charge < -0.3 is 9.84 Å². The second-order valence-corrected chi connectivity index (χ2v) is 4.40. The van der Waals surface area contributed by atoms with Crippen LogP contribution in [-0.2, 0) is 14.4 Å². The van der Waals surface area contributed by atoms with Crippen LogP contribution in [0.5, 0.6) is 0 Å². The molecule has 0 aliphatic carbocycles. The van der Waals surface area contributed by atoms with Gasteiger partial charge in [-0.3, -0.25) is 4.84 Å². The lowest BCUT2D eigenvalue weighted by molar-refractivity contribution is -0.145. The van der Waals surface area contributed by atoms with Crippen molar-refractivity contribution in [1.29, 1.82) is 0 Å². The minimum atomic E-state index is -0.445. The number of hydroxylamine groups is 1. The normalized spacial score (nSPS) is 22.5. The van der Waals surface area contributed by atoms with Gasteiger partial charge in [0.1, 0.15) is 0 Å². The lowest BCUT2D eigenvalue weighted by atomic mass is 10.1. The topological polar surface area (TPSA) is 59.0 Å². The van der Waals surface area contributed by atoms with Gasteiger partial charge >= 0.3 is 5.97 Å². The predicted molar refractivity (Wildman–Crippen MR) is 70.5 cm³/mol. The second-order valence-electron chi connectivity index (χ2n) is 4.40. The number of carbonyl (C=O) groups is 1. The maximum absolute atomic E-state index is 12.0. The number of anilines is 1. The third kappa shape index (κ3) is 3.24. The molecular formula is C14H19NO4. The van der Waals surface area contributed by atoms with Crippen molar-refractivity contribution in [3.8, 4) is 0 Å². The third-order valence-corrected chi connectivity index (χ3v) is 3.05. The minimum Gasteiger partial charge on any atom is -0.464 e. The van der Waals surface area contributed by atoms with Gasteiger partial charge in [0.05, 0.1) is 18.4 Å². The van der Waals surface area contributed by atoms with Crippen LogP contribution in [0.25, 0.3) is 0 Å². The molecule has 104 valence electrons. The smallest absolute Gasteiger partial charge is 0.331 e. The lowest BCUT2D eigenvalue weighted by Crippen LogP contribution is -2.36. The van der Waals surface area contributed by atoms with E-state index >= 15 is 0 Å². The fourth-order valence-corrected chi connectivity index (χ4v) is 2.18. The number of hydrogen-bond acceptors (Lipinski definition) is 5. The Labute approximate surface area is 112 Å². The summed E-state index contributed by atoms with van der Waals surface area (Å²) >= 11 is 0. The highest BCUT2D eigenvalue weighted by Gasteiger charge is 2.39. The van der Waals surface area contributed by atoms with E-state index in [2.05, 4.69) is 0 Å². The zero-order valence-electron chi connectivity index (χ0n) is 11.0. The number of para-hydroxylation sites is 1. The number of esters is 1. The fraction of sp³-hybridized carbons (Fsp3) is 0.500. The molecule has 5 heteroatoms. The molecule has 1 N–H and O–H groups in total. The van der Waals surface area contributed by atoms with E-state index in [0.29, 0.717) is 19.4 Å². The first kappa shape index (κ1) is 13.8. The number of aliphatic hydroxyl groups is 1. The Morgan fingerprint density at radius 3 is 2.84 bits per heavy atom. The fourth-order valence-electron chi connectivity index (χ4n) is 2.18. The Kier molecular flexibility index (Phi) is 4.76. The van der Waals surface area contributed by atoms with Gasteiger partial charge in [0, 0.05) is 13.0 Å². The summed E-state index contributed by atoms with van der Waals surface area (Å²) in [6.45, 7) is 2.18. The molecule has 1 aromatic rings. The molecule has 1 saturated heterocycles. The van der Waals surface area contributed by atoms with Gasteiger partial charge in [-0.2, -0.15) is 0 Å². The van der Waals surface area contributed by atoms with E-state index in [1.807, 2.05) is 30.3 Å². The van der Waals surface area contributed by atoms with Crippen molar-refractivity contribution in [3.63, 3.8) is 0 Å². The van der Waals surface area contributed by atoms with Crippen LogP contribution < -0.4 is 5.06 Å². The van der Waals surface area contributed by atoms with Crippen LogP contribution in [0, 0.1) is 0 Å². The first-order valence-electron chi connectivity index (χ1n) is 6.54. The van der Waals surface area contributed by atoms with Gasteiger partial charge in [-0.15, -0.1) is 0 Å². The maximum Gasteiger partial charge on any atom is 0.331 e. The molecule has 1 aromatic carbocycles.